The van der Waals surface area contributed by atoms with Gasteiger partial charge in [-0.3, -0.25) is 14.2 Å². The minimum atomic E-state index is -4.48. The van der Waals surface area contributed by atoms with Gasteiger partial charge in [0.05, 0.1) is 24.0 Å². The predicted octanol–water partition coefficient (Wildman–Crippen LogP) is 1.78. The van der Waals surface area contributed by atoms with Crippen molar-refractivity contribution in [1.29, 1.82) is 0 Å². The quantitative estimate of drug-likeness (QED) is 0.788. The van der Waals surface area contributed by atoms with Crippen LogP contribution in [0, 0.1) is 6.92 Å². The Labute approximate surface area is 133 Å². The van der Waals surface area contributed by atoms with Gasteiger partial charge < -0.3 is 5.32 Å². The van der Waals surface area contributed by atoms with Crippen LogP contribution < -0.4 is 5.32 Å². The number of fused-ring (bicyclic) bond motifs is 1. The fourth-order valence-electron chi connectivity index (χ4n) is 1.99. The number of hydrogen-bond donors (Lipinski definition) is 1. The maximum absolute atomic E-state index is 12.8. The first-order chi connectivity index (χ1) is 11.3. The van der Waals surface area contributed by atoms with Crippen LogP contribution in [0.4, 0.5) is 13.2 Å². The Balaban J connectivity index is 1.80. The molecule has 0 radical (unpaired) electrons. The number of aryl methyl sites for hydroxylation is 1. The second-order valence-corrected chi connectivity index (χ2v) is 4.99. The molecule has 0 aliphatic rings. The molecule has 3 heterocycles. The minimum Gasteiger partial charge on any atom is -0.343 e. The maximum atomic E-state index is 12.8. The molecule has 0 spiro atoms. The molecule has 3 aromatic rings. The molecule has 0 aliphatic heterocycles. The highest BCUT2D eigenvalue weighted by molar-refractivity contribution is 5.91. The summed E-state index contributed by atoms with van der Waals surface area (Å²) in [5.41, 5.74) is 0.189. The lowest BCUT2D eigenvalue weighted by Gasteiger charge is -2.08. The molecule has 124 valence electrons. The second kappa shape index (κ2) is 5.87. The van der Waals surface area contributed by atoms with E-state index in [1.165, 1.54) is 22.9 Å². The third kappa shape index (κ3) is 3.16. The molecule has 0 unspecified atom stereocenters. The number of rotatable bonds is 3. The van der Waals surface area contributed by atoms with Crippen LogP contribution in [0.1, 0.15) is 27.6 Å². The first-order valence-electron chi connectivity index (χ1n) is 6.82. The predicted molar refractivity (Wildman–Crippen MR) is 75.9 cm³/mol. The van der Waals surface area contributed by atoms with Crippen molar-refractivity contribution < 1.29 is 18.0 Å². The summed E-state index contributed by atoms with van der Waals surface area (Å²) < 4.78 is 39.5. The zero-order valence-electron chi connectivity index (χ0n) is 12.4. The summed E-state index contributed by atoms with van der Waals surface area (Å²) in [5, 5.41) is 10.1. The summed E-state index contributed by atoms with van der Waals surface area (Å²) in [6, 6.07) is 2.14. The Hall–Kier alpha value is -3.04. The molecular weight excluding hydrogens is 325 g/mol. The third-order valence-electron chi connectivity index (χ3n) is 3.22. The second-order valence-electron chi connectivity index (χ2n) is 4.99. The highest BCUT2D eigenvalue weighted by atomic mass is 19.4. The number of aromatic nitrogens is 5. The molecule has 0 saturated heterocycles. The van der Waals surface area contributed by atoms with Gasteiger partial charge in [0, 0.05) is 12.4 Å². The van der Waals surface area contributed by atoms with E-state index in [9.17, 15) is 18.0 Å². The van der Waals surface area contributed by atoms with E-state index in [0.29, 0.717) is 5.69 Å². The molecule has 0 aliphatic carbocycles. The van der Waals surface area contributed by atoms with E-state index >= 15 is 0 Å². The van der Waals surface area contributed by atoms with Crippen molar-refractivity contribution in [2.75, 3.05) is 0 Å². The zero-order valence-corrected chi connectivity index (χ0v) is 12.4. The van der Waals surface area contributed by atoms with Gasteiger partial charge in [-0.1, -0.05) is 0 Å². The smallest absolute Gasteiger partial charge is 0.343 e. The van der Waals surface area contributed by atoms with Gasteiger partial charge in [-0.25, -0.2) is 4.98 Å². The van der Waals surface area contributed by atoms with Crippen molar-refractivity contribution in [3.8, 4) is 0 Å². The van der Waals surface area contributed by atoms with Crippen LogP contribution in [0.5, 0.6) is 0 Å². The molecule has 10 heteroatoms. The number of amides is 1. The van der Waals surface area contributed by atoms with Crippen LogP contribution >= 0.6 is 0 Å². The molecular formula is C14H11F3N6O. The fourth-order valence-corrected chi connectivity index (χ4v) is 1.99. The monoisotopic (exact) mass is 336 g/mol. The van der Waals surface area contributed by atoms with Gasteiger partial charge in [0.15, 0.2) is 11.5 Å². The summed E-state index contributed by atoms with van der Waals surface area (Å²) in [6.45, 7) is 1.63. The van der Waals surface area contributed by atoms with Crippen LogP contribution in [0.15, 0.2) is 30.7 Å². The van der Waals surface area contributed by atoms with E-state index in [4.69, 9.17) is 0 Å². The topological polar surface area (TPSA) is 85.1 Å². The van der Waals surface area contributed by atoms with Crippen LogP contribution in [0.3, 0.4) is 0 Å². The van der Waals surface area contributed by atoms with E-state index in [1.807, 2.05) is 0 Å². The lowest BCUT2D eigenvalue weighted by molar-refractivity contribution is -0.137. The first kappa shape index (κ1) is 15.8. The maximum Gasteiger partial charge on any atom is 0.417 e. The number of hydrogen-bond acceptors (Lipinski definition) is 5. The average Bonchev–Trinajstić information content (AvgIpc) is 2.95. The van der Waals surface area contributed by atoms with Crippen LogP contribution in [0.25, 0.3) is 5.65 Å². The van der Waals surface area contributed by atoms with Crippen molar-refractivity contribution in [3.05, 3.63) is 53.5 Å². The largest absolute Gasteiger partial charge is 0.417 e. The summed E-state index contributed by atoms with van der Waals surface area (Å²) in [7, 11) is 0. The van der Waals surface area contributed by atoms with Gasteiger partial charge in [-0.2, -0.15) is 13.2 Å². The Morgan fingerprint density at radius 2 is 2.00 bits per heavy atom. The van der Waals surface area contributed by atoms with Gasteiger partial charge in [-0.05, 0) is 19.1 Å². The van der Waals surface area contributed by atoms with Gasteiger partial charge in [0.1, 0.15) is 5.69 Å². The molecule has 3 rings (SSSR count). The Morgan fingerprint density at radius 1 is 1.21 bits per heavy atom. The molecule has 0 bridgehead atoms. The number of nitrogens with zero attached hydrogens (tertiary/aromatic N) is 5. The van der Waals surface area contributed by atoms with Crippen LogP contribution in [-0.2, 0) is 12.7 Å². The number of alkyl halides is 3. The highest BCUT2D eigenvalue weighted by Crippen LogP contribution is 2.29. The molecule has 0 atom stereocenters. The minimum absolute atomic E-state index is 0.100. The molecule has 0 saturated carbocycles. The molecule has 0 aromatic carbocycles. The number of nitrogens with one attached hydrogen (secondary N) is 1. The van der Waals surface area contributed by atoms with Gasteiger partial charge in [0.2, 0.25) is 0 Å². The fraction of sp³-hybridized carbons (Fsp3) is 0.214. The van der Waals surface area contributed by atoms with E-state index in [0.717, 1.165) is 12.3 Å². The summed E-state index contributed by atoms with van der Waals surface area (Å²) in [5.74, 6) is -0.337. The number of pyridine rings is 1. The lowest BCUT2D eigenvalue weighted by Crippen LogP contribution is -2.25. The van der Waals surface area contributed by atoms with Crippen molar-refractivity contribution in [1.82, 2.24) is 29.9 Å². The highest BCUT2D eigenvalue weighted by Gasteiger charge is 2.31. The Bertz CT molecular complexity index is 888. The third-order valence-corrected chi connectivity index (χ3v) is 3.22. The van der Waals surface area contributed by atoms with Crippen molar-refractivity contribution in [2.24, 2.45) is 0 Å². The van der Waals surface area contributed by atoms with Crippen LogP contribution in [-0.4, -0.2) is 30.5 Å². The van der Waals surface area contributed by atoms with Crippen molar-refractivity contribution in [2.45, 2.75) is 19.6 Å². The van der Waals surface area contributed by atoms with Crippen molar-refractivity contribution in [3.63, 3.8) is 0 Å². The number of halogens is 3. The summed E-state index contributed by atoms with van der Waals surface area (Å²) in [6.07, 6.45) is -0.829. The molecule has 24 heavy (non-hydrogen) atoms. The lowest BCUT2D eigenvalue weighted by atomic mass is 10.3. The van der Waals surface area contributed by atoms with E-state index in [-0.39, 0.29) is 23.7 Å². The van der Waals surface area contributed by atoms with E-state index < -0.39 is 17.6 Å². The average molecular weight is 336 g/mol. The normalized spacial score (nSPS) is 11.7. The van der Waals surface area contributed by atoms with Crippen molar-refractivity contribution >= 4 is 11.6 Å². The standard InChI is InChI=1S/C14H11F3N6O/c1-8-4-19-10(5-18-8)13(24)20-6-12-22-21-11-3-2-9(7-23(11)12)14(15,16)17/h2-5,7H,6H2,1H3,(H,20,24). The molecule has 1 N–H and O–H groups in total. The number of carbonyl (C=O) groups excluding carboxylic acids is 1. The number of carbonyl (C=O) groups is 1. The van der Waals surface area contributed by atoms with Gasteiger partial charge in [0.25, 0.3) is 5.91 Å². The first-order valence-corrected chi connectivity index (χ1v) is 6.82. The molecule has 3 aromatic heterocycles. The summed E-state index contributed by atoms with van der Waals surface area (Å²) in [4.78, 5) is 19.8. The van der Waals surface area contributed by atoms with Gasteiger partial charge in [-0.15, -0.1) is 10.2 Å². The van der Waals surface area contributed by atoms with E-state index in [2.05, 4.69) is 25.5 Å². The molecule has 1 amide bonds. The SMILES string of the molecule is Cc1cnc(C(=O)NCc2nnc3ccc(C(F)(F)F)cn23)cn1. The molecule has 0 fully saturated rings. The zero-order chi connectivity index (χ0) is 17.3. The Kier molecular flexibility index (Phi) is 3.87. The summed E-state index contributed by atoms with van der Waals surface area (Å²) >= 11 is 0. The van der Waals surface area contributed by atoms with E-state index in [1.54, 1.807) is 6.92 Å². The Morgan fingerprint density at radius 3 is 2.67 bits per heavy atom. The van der Waals surface area contributed by atoms with Crippen LogP contribution in [0.2, 0.25) is 0 Å². The molecule has 7 nitrogen and oxygen atoms in total. The van der Waals surface area contributed by atoms with Gasteiger partial charge >= 0.3 is 6.18 Å².